The molecule has 0 rings (SSSR count). The van der Waals surface area contributed by atoms with E-state index in [0.29, 0.717) is 0 Å². The predicted molar refractivity (Wildman–Crippen MR) is 77.8 cm³/mol. The third kappa shape index (κ3) is 7.56. The van der Waals surface area contributed by atoms with Gasteiger partial charge in [-0.2, -0.15) is 0 Å². The first kappa shape index (κ1) is 19.2. The van der Waals surface area contributed by atoms with Crippen molar-refractivity contribution in [1.29, 1.82) is 0 Å². The zero-order valence-electron chi connectivity index (χ0n) is 12.2. The fraction of sp³-hybridized carbons (Fsp3) is 0.571. The molecule has 0 N–H and O–H groups in total. The number of carbonyl (C=O) groups is 2. The maximum atomic E-state index is 12.3. The van der Waals surface area contributed by atoms with Crippen molar-refractivity contribution in [2.75, 3.05) is 25.5 Å². The molecule has 116 valence electrons. The van der Waals surface area contributed by atoms with Crippen molar-refractivity contribution in [1.82, 2.24) is 0 Å². The molecule has 0 amide bonds. The molecule has 0 fully saturated rings. The molecule has 1 unspecified atom stereocenters. The van der Waals surface area contributed by atoms with Crippen molar-refractivity contribution < 1.29 is 28.2 Å². The van der Waals surface area contributed by atoms with Crippen LogP contribution in [0.1, 0.15) is 20.3 Å². The summed E-state index contributed by atoms with van der Waals surface area (Å²) in [5.74, 6) is 2.65. The average molecular weight is 314 g/mol. The third-order valence-corrected chi connectivity index (χ3v) is 5.08. The summed E-state index contributed by atoms with van der Waals surface area (Å²) in [5.41, 5.74) is 0. The molecule has 0 saturated carbocycles. The summed E-state index contributed by atoms with van der Waals surface area (Å²) in [7, 11) is -3.01. The molecule has 0 aromatic heterocycles. The first-order valence-corrected chi connectivity index (χ1v) is 8.37. The smallest absolute Gasteiger partial charge is 0.337 e. The highest BCUT2D eigenvalue weighted by atomic mass is 31.2. The Bertz CT molecular complexity index is 477. The number of hydrogen-bond acceptors (Lipinski definition) is 6. The quantitative estimate of drug-likeness (QED) is 0.364. The van der Waals surface area contributed by atoms with E-state index < -0.39 is 31.8 Å². The van der Waals surface area contributed by atoms with Crippen molar-refractivity contribution >= 4 is 19.3 Å². The number of terminal acetylenes is 2. The van der Waals surface area contributed by atoms with Gasteiger partial charge in [0.2, 0.25) is 7.37 Å². The lowest BCUT2D eigenvalue weighted by atomic mass is 10.2. The maximum Gasteiger partial charge on any atom is 0.337 e. The van der Waals surface area contributed by atoms with Crippen molar-refractivity contribution in [3.8, 4) is 24.7 Å². The molecule has 0 heterocycles. The van der Waals surface area contributed by atoms with E-state index in [9.17, 15) is 14.2 Å². The second-order valence-electron chi connectivity index (χ2n) is 3.92. The van der Waals surface area contributed by atoms with Crippen LogP contribution in [0.3, 0.4) is 0 Å². The highest BCUT2D eigenvalue weighted by Crippen LogP contribution is 2.47. The van der Waals surface area contributed by atoms with Gasteiger partial charge < -0.3 is 14.0 Å². The van der Waals surface area contributed by atoms with Gasteiger partial charge in [0.1, 0.15) is 0 Å². The van der Waals surface area contributed by atoms with E-state index >= 15 is 0 Å². The molecule has 21 heavy (non-hydrogen) atoms. The third-order valence-electron chi connectivity index (χ3n) is 2.51. The van der Waals surface area contributed by atoms with E-state index in [2.05, 4.69) is 16.6 Å². The van der Waals surface area contributed by atoms with Crippen LogP contribution in [0.4, 0.5) is 0 Å². The van der Waals surface area contributed by atoms with Gasteiger partial charge >= 0.3 is 11.9 Å². The zero-order valence-corrected chi connectivity index (χ0v) is 13.1. The minimum atomic E-state index is -3.01. The Hall–Kier alpha value is -1.75. The Kier molecular flexibility index (Phi) is 9.21. The van der Waals surface area contributed by atoms with Crippen LogP contribution >= 0.6 is 7.37 Å². The number of rotatable bonds is 9. The van der Waals surface area contributed by atoms with E-state index in [-0.39, 0.29) is 25.5 Å². The van der Waals surface area contributed by atoms with Gasteiger partial charge in [-0.15, -0.1) is 12.8 Å². The first-order chi connectivity index (χ1) is 9.92. The van der Waals surface area contributed by atoms with Crippen LogP contribution in [0.15, 0.2) is 0 Å². The predicted octanol–water partition coefficient (Wildman–Crippen LogP) is 1.43. The molecule has 0 radical (unpaired) electrons. The Balaban J connectivity index is 4.89. The van der Waals surface area contributed by atoms with E-state index in [4.69, 9.17) is 22.1 Å². The molecule has 0 spiro atoms. The van der Waals surface area contributed by atoms with Crippen LogP contribution in [0.2, 0.25) is 0 Å². The summed E-state index contributed by atoms with van der Waals surface area (Å²) in [6, 6.07) is 0. The highest BCUT2D eigenvalue weighted by molar-refractivity contribution is 7.58. The van der Waals surface area contributed by atoms with Gasteiger partial charge in [-0.25, -0.2) is 4.79 Å². The van der Waals surface area contributed by atoms with Crippen LogP contribution in [-0.4, -0.2) is 43.6 Å². The van der Waals surface area contributed by atoms with Gasteiger partial charge in [-0.05, 0) is 0 Å². The fourth-order valence-corrected chi connectivity index (χ4v) is 2.68. The topological polar surface area (TPSA) is 78.9 Å². The van der Waals surface area contributed by atoms with Crippen molar-refractivity contribution in [2.45, 2.75) is 26.4 Å². The molecule has 0 aliphatic heterocycles. The largest absolute Gasteiger partial charge is 0.452 e. The lowest BCUT2D eigenvalue weighted by Gasteiger charge is -2.21. The standard InChI is InChI=1S/C14H19O6P/c1-5-9-18-13(15)11-12(14(16)19-10-6-2)20-21(17,7-3)8-4/h1-2,12H,7-11H2,3-4H3. The SMILES string of the molecule is C#CCOC(=O)CC(OP(=O)(CC)CC)C(=O)OCC#C. The van der Waals surface area contributed by atoms with Gasteiger partial charge in [0.25, 0.3) is 0 Å². The summed E-state index contributed by atoms with van der Waals surface area (Å²) >= 11 is 0. The second kappa shape index (κ2) is 10.0. The molecule has 0 aromatic rings. The van der Waals surface area contributed by atoms with Crippen molar-refractivity contribution in [3.05, 3.63) is 0 Å². The minimum absolute atomic E-state index is 0.218. The second-order valence-corrected chi connectivity index (χ2v) is 7.03. The summed E-state index contributed by atoms with van der Waals surface area (Å²) < 4.78 is 27.0. The molecule has 0 aliphatic carbocycles. The first-order valence-electron chi connectivity index (χ1n) is 6.38. The normalized spacial score (nSPS) is 11.8. The molecule has 1 atom stereocenters. The summed E-state index contributed by atoms with van der Waals surface area (Å²) in [6.45, 7) is 2.86. The van der Waals surface area contributed by atoms with E-state index in [1.54, 1.807) is 13.8 Å². The molecule has 0 bridgehead atoms. The van der Waals surface area contributed by atoms with Gasteiger partial charge in [0.05, 0.1) is 6.42 Å². The van der Waals surface area contributed by atoms with E-state index in [1.165, 1.54) is 0 Å². The lowest BCUT2D eigenvalue weighted by molar-refractivity contribution is -0.156. The average Bonchev–Trinajstić information content (AvgIpc) is 2.49. The van der Waals surface area contributed by atoms with Gasteiger partial charge in [-0.1, -0.05) is 25.7 Å². The molecule has 6 nitrogen and oxygen atoms in total. The van der Waals surface area contributed by atoms with Crippen LogP contribution in [0.5, 0.6) is 0 Å². The van der Waals surface area contributed by atoms with Crippen LogP contribution in [-0.2, 0) is 28.2 Å². The molecular formula is C14H19O6P. The fourth-order valence-electron chi connectivity index (χ4n) is 1.31. The summed E-state index contributed by atoms with van der Waals surface area (Å²) in [5, 5.41) is 0. The maximum absolute atomic E-state index is 12.3. The highest BCUT2D eigenvalue weighted by Gasteiger charge is 2.32. The van der Waals surface area contributed by atoms with Crippen LogP contribution < -0.4 is 0 Å². The number of ether oxygens (including phenoxy) is 2. The Morgan fingerprint density at radius 3 is 2.10 bits per heavy atom. The summed E-state index contributed by atoms with van der Waals surface area (Å²) in [6.07, 6.45) is 8.66. The Morgan fingerprint density at radius 2 is 1.62 bits per heavy atom. The van der Waals surface area contributed by atoms with Crippen LogP contribution in [0.25, 0.3) is 0 Å². The van der Waals surface area contributed by atoms with Crippen molar-refractivity contribution in [3.63, 3.8) is 0 Å². The number of carbonyl (C=O) groups excluding carboxylic acids is 2. The molecule has 0 aromatic carbocycles. The monoisotopic (exact) mass is 314 g/mol. The summed E-state index contributed by atoms with van der Waals surface area (Å²) in [4.78, 5) is 23.3. The minimum Gasteiger partial charge on any atom is -0.452 e. The van der Waals surface area contributed by atoms with Crippen LogP contribution in [0, 0.1) is 24.7 Å². The zero-order chi connectivity index (χ0) is 16.3. The van der Waals surface area contributed by atoms with E-state index in [1.807, 2.05) is 0 Å². The number of hydrogen-bond donors (Lipinski definition) is 0. The molecule has 7 heteroatoms. The Morgan fingerprint density at radius 1 is 1.10 bits per heavy atom. The van der Waals surface area contributed by atoms with Gasteiger partial charge in [0.15, 0.2) is 19.3 Å². The molecular weight excluding hydrogens is 295 g/mol. The van der Waals surface area contributed by atoms with Gasteiger partial charge in [0, 0.05) is 12.3 Å². The van der Waals surface area contributed by atoms with Gasteiger partial charge in [-0.3, -0.25) is 9.36 Å². The lowest BCUT2D eigenvalue weighted by Crippen LogP contribution is -2.30. The van der Waals surface area contributed by atoms with E-state index in [0.717, 1.165) is 0 Å². The number of esters is 2. The van der Waals surface area contributed by atoms with Crippen molar-refractivity contribution in [2.24, 2.45) is 0 Å². The molecule has 0 aliphatic rings. The molecule has 0 saturated heterocycles. The Labute approximate surface area is 125 Å².